The van der Waals surface area contributed by atoms with Crippen molar-refractivity contribution < 1.29 is 13.2 Å². The highest BCUT2D eigenvalue weighted by Gasteiger charge is 2.17. The number of ketones is 1. The van der Waals surface area contributed by atoms with Crippen molar-refractivity contribution in [2.45, 2.75) is 27.2 Å². The summed E-state index contributed by atoms with van der Waals surface area (Å²) >= 11 is 0. The number of benzene rings is 1. The molecule has 1 N–H and O–H groups in total. The van der Waals surface area contributed by atoms with Crippen molar-refractivity contribution in [3.05, 3.63) is 29.8 Å². The summed E-state index contributed by atoms with van der Waals surface area (Å²) < 4.78 is 24.4. The fourth-order valence-electron chi connectivity index (χ4n) is 1.52. The van der Waals surface area contributed by atoms with Crippen molar-refractivity contribution >= 4 is 21.5 Å². The molecule has 0 saturated heterocycles. The summed E-state index contributed by atoms with van der Waals surface area (Å²) in [6, 6.07) is 6.47. The molecule has 0 aliphatic heterocycles. The molecule has 0 saturated carbocycles. The molecule has 0 fully saturated rings. The first-order valence-electron chi connectivity index (χ1n) is 5.68. The second-order valence-electron chi connectivity index (χ2n) is 5.61. The minimum Gasteiger partial charge on any atom is -0.294 e. The van der Waals surface area contributed by atoms with Crippen LogP contribution < -0.4 is 4.72 Å². The van der Waals surface area contributed by atoms with E-state index in [4.69, 9.17) is 0 Å². The molecule has 0 radical (unpaired) electrons. The van der Waals surface area contributed by atoms with E-state index in [2.05, 4.69) is 4.72 Å². The molecule has 4 nitrogen and oxygen atoms in total. The quantitative estimate of drug-likeness (QED) is 0.855. The lowest BCUT2D eigenvalue weighted by atomic mass is 9.88. The van der Waals surface area contributed by atoms with E-state index in [0.717, 1.165) is 6.26 Å². The van der Waals surface area contributed by atoms with Crippen LogP contribution in [0.5, 0.6) is 0 Å². The SMILES string of the molecule is CC(C)(C)CC(=O)c1ccc(NS(C)(=O)=O)cc1. The highest BCUT2D eigenvalue weighted by atomic mass is 32.2. The molecule has 1 aromatic rings. The molecule has 100 valence electrons. The van der Waals surface area contributed by atoms with Crippen molar-refractivity contribution in [1.82, 2.24) is 0 Å². The van der Waals surface area contributed by atoms with Gasteiger partial charge in [-0.2, -0.15) is 0 Å². The summed E-state index contributed by atoms with van der Waals surface area (Å²) in [7, 11) is -3.27. The van der Waals surface area contributed by atoms with Crippen LogP contribution in [0.3, 0.4) is 0 Å². The largest absolute Gasteiger partial charge is 0.294 e. The van der Waals surface area contributed by atoms with E-state index in [1.165, 1.54) is 0 Å². The minimum absolute atomic E-state index is 0.0548. The van der Waals surface area contributed by atoms with Gasteiger partial charge >= 0.3 is 0 Å². The van der Waals surface area contributed by atoms with E-state index in [1.807, 2.05) is 20.8 Å². The maximum Gasteiger partial charge on any atom is 0.229 e. The maximum atomic E-state index is 11.9. The van der Waals surface area contributed by atoms with Gasteiger partial charge in [0.1, 0.15) is 0 Å². The predicted octanol–water partition coefficient (Wildman–Crippen LogP) is 2.68. The Bertz CT molecular complexity index is 524. The van der Waals surface area contributed by atoms with Gasteiger partial charge in [-0.15, -0.1) is 0 Å². The minimum atomic E-state index is -3.27. The number of anilines is 1. The third-order valence-corrected chi connectivity index (χ3v) is 2.81. The van der Waals surface area contributed by atoms with E-state index >= 15 is 0 Å². The second-order valence-corrected chi connectivity index (χ2v) is 7.36. The molecule has 0 aromatic heterocycles. The molecular formula is C13H19NO3S. The molecule has 0 unspecified atom stereocenters. The van der Waals surface area contributed by atoms with Gasteiger partial charge in [-0.1, -0.05) is 20.8 Å². The van der Waals surface area contributed by atoms with E-state index in [-0.39, 0.29) is 11.2 Å². The zero-order valence-corrected chi connectivity index (χ0v) is 12.0. The van der Waals surface area contributed by atoms with Crippen LogP contribution in [0.4, 0.5) is 5.69 Å². The molecule has 0 aliphatic rings. The fourth-order valence-corrected chi connectivity index (χ4v) is 2.09. The zero-order chi connectivity index (χ0) is 14.0. The first-order chi connectivity index (χ1) is 8.07. The van der Waals surface area contributed by atoms with Crippen LogP contribution in [-0.2, 0) is 10.0 Å². The lowest BCUT2D eigenvalue weighted by Gasteiger charge is -2.16. The van der Waals surface area contributed by atoms with Crippen molar-refractivity contribution in [2.24, 2.45) is 5.41 Å². The number of rotatable bonds is 4. The lowest BCUT2D eigenvalue weighted by Crippen LogP contribution is -2.13. The van der Waals surface area contributed by atoms with Gasteiger partial charge in [0.25, 0.3) is 0 Å². The molecular weight excluding hydrogens is 250 g/mol. The fraction of sp³-hybridized carbons (Fsp3) is 0.462. The van der Waals surface area contributed by atoms with Crippen LogP contribution in [0, 0.1) is 5.41 Å². The maximum absolute atomic E-state index is 11.9. The van der Waals surface area contributed by atoms with Gasteiger partial charge in [-0.05, 0) is 29.7 Å². The van der Waals surface area contributed by atoms with Crippen molar-refractivity contribution in [1.29, 1.82) is 0 Å². The molecule has 0 heterocycles. The number of sulfonamides is 1. The van der Waals surface area contributed by atoms with Gasteiger partial charge in [0.2, 0.25) is 10.0 Å². The Hall–Kier alpha value is -1.36. The smallest absolute Gasteiger partial charge is 0.229 e. The Morgan fingerprint density at radius 1 is 1.17 bits per heavy atom. The first kappa shape index (κ1) is 14.7. The van der Waals surface area contributed by atoms with Crippen LogP contribution in [0.2, 0.25) is 0 Å². The van der Waals surface area contributed by atoms with E-state index < -0.39 is 10.0 Å². The van der Waals surface area contributed by atoms with E-state index in [1.54, 1.807) is 24.3 Å². The van der Waals surface area contributed by atoms with Crippen LogP contribution in [-0.4, -0.2) is 20.5 Å². The molecule has 0 aliphatic carbocycles. The molecule has 0 spiro atoms. The third-order valence-electron chi connectivity index (χ3n) is 2.20. The molecule has 5 heteroatoms. The zero-order valence-electron chi connectivity index (χ0n) is 11.1. The van der Waals surface area contributed by atoms with Crippen LogP contribution >= 0.6 is 0 Å². The molecule has 18 heavy (non-hydrogen) atoms. The second kappa shape index (κ2) is 5.10. The van der Waals surface area contributed by atoms with Crippen LogP contribution in [0.1, 0.15) is 37.6 Å². The predicted molar refractivity (Wildman–Crippen MR) is 73.3 cm³/mol. The lowest BCUT2D eigenvalue weighted by molar-refractivity contribution is 0.0940. The topological polar surface area (TPSA) is 63.2 Å². The van der Waals surface area contributed by atoms with Gasteiger partial charge < -0.3 is 0 Å². The Morgan fingerprint density at radius 3 is 2.06 bits per heavy atom. The monoisotopic (exact) mass is 269 g/mol. The number of nitrogens with one attached hydrogen (secondary N) is 1. The van der Waals surface area contributed by atoms with Crippen molar-refractivity contribution in [2.75, 3.05) is 11.0 Å². The third kappa shape index (κ3) is 5.31. The van der Waals surface area contributed by atoms with Gasteiger partial charge in [0, 0.05) is 17.7 Å². The highest BCUT2D eigenvalue weighted by molar-refractivity contribution is 7.92. The van der Waals surface area contributed by atoms with Gasteiger partial charge in [-0.3, -0.25) is 9.52 Å². The van der Waals surface area contributed by atoms with Gasteiger partial charge in [0.15, 0.2) is 5.78 Å². The standard InChI is InChI=1S/C13H19NO3S/c1-13(2,3)9-12(15)10-5-7-11(8-6-10)14-18(4,16)17/h5-8,14H,9H2,1-4H3. The Kier molecular flexibility index (Phi) is 4.16. The van der Waals surface area contributed by atoms with E-state index in [0.29, 0.717) is 17.7 Å². The number of hydrogen-bond acceptors (Lipinski definition) is 3. The molecule has 0 atom stereocenters. The summed E-state index contributed by atoms with van der Waals surface area (Å²) in [6.07, 6.45) is 1.55. The Labute approximate surface area is 108 Å². The summed E-state index contributed by atoms with van der Waals surface area (Å²) in [4.78, 5) is 11.9. The first-order valence-corrected chi connectivity index (χ1v) is 7.57. The summed E-state index contributed by atoms with van der Waals surface area (Å²) in [6.45, 7) is 6.01. The number of carbonyl (C=O) groups excluding carboxylic acids is 1. The van der Waals surface area contributed by atoms with Crippen molar-refractivity contribution in [3.63, 3.8) is 0 Å². The molecule has 1 rings (SSSR count). The number of Topliss-reactive ketones (excluding diaryl/α,β-unsaturated/α-hetero) is 1. The normalized spacial score (nSPS) is 12.2. The molecule has 0 amide bonds. The summed E-state index contributed by atoms with van der Waals surface area (Å²) in [5, 5.41) is 0. The summed E-state index contributed by atoms with van der Waals surface area (Å²) in [5.74, 6) is 0.0633. The van der Waals surface area contributed by atoms with Crippen LogP contribution in [0.25, 0.3) is 0 Å². The van der Waals surface area contributed by atoms with Crippen molar-refractivity contribution in [3.8, 4) is 0 Å². The number of carbonyl (C=O) groups is 1. The average Bonchev–Trinajstić information content (AvgIpc) is 2.13. The highest BCUT2D eigenvalue weighted by Crippen LogP contribution is 2.22. The number of hydrogen-bond donors (Lipinski definition) is 1. The molecule has 0 bridgehead atoms. The van der Waals surface area contributed by atoms with Gasteiger partial charge in [-0.25, -0.2) is 8.42 Å². The van der Waals surface area contributed by atoms with Gasteiger partial charge in [0.05, 0.1) is 6.26 Å². The Morgan fingerprint density at radius 2 is 1.67 bits per heavy atom. The average molecular weight is 269 g/mol. The molecule has 1 aromatic carbocycles. The summed E-state index contributed by atoms with van der Waals surface area (Å²) in [5.41, 5.74) is 1.01. The van der Waals surface area contributed by atoms with E-state index in [9.17, 15) is 13.2 Å². The van der Waals surface area contributed by atoms with Crippen LogP contribution in [0.15, 0.2) is 24.3 Å². The Balaban J connectivity index is 2.80.